The van der Waals surface area contributed by atoms with Crippen LogP contribution in [-0.2, 0) is 17.0 Å². The van der Waals surface area contributed by atoms with E-state index in [0.717, 1.165) is 11.1 Å². The molecule has 0 aliphatic rings. The van der Waals surface area contributed by atoms with Crippen molar-refractivity contribution in [1.29, 1.82) is 0 Å². The second-order valence-electron chi connectivity index (χ2n) is 8.17. The molecule has 0 aliphatic carbocycles. The smallest absolute Gasteiger partial charge is 0.251 e. The Kier molecular flexibility index (Phi) is 8.36. The van der Waals surface area contributed by atoms with Crippen LogP contribution >= 0.6 is 11.8 Å². The molecule has 4 aromatic carbocycles. The minimum atomic E-state index is -0.890. The van der Waals surface area contributed by atoms with Crippen LogP contribution in [0.2, 0.25) is 0 Å². The molecular formula is C29H25FN2O3S. The summed E-state index contributed by atoms with van der Waals surface area (Å²) < 4.78 is 13.2. The van der Waals surface area contributed by atoms with Gasteiger partial charge in [-0.1, -0.05) is 60.7 Å². The second kappa shape index (κ2) is 12.0. The zero-order valence-corrected chi connectivity index (χ0v) is 20.2. The third kappa shape index (κ3) is 6.96. The minimum Gasteiger partial charge on any atom is -0.507 e. The number of hydrogen-bond acceptors (Lipinski definition) is 4. The molecule has 0 bridgehead atoms. The van der Waals surface area contributed by atoms with E-state index in [0.29, 0.717) is 16.3 Å². The molecule has 1 atom stereocenters. The molecule has 2 amide bonds. The van der Waals surface area contributed by atoms with Gasteiger partial charge in [0.1, 0.15) is 17.6 Å². The molecule has 0 aliphatic heterocycles. The molecule has 36 heavy (non-hydrogen) atoms. The number of anilines is 1. The number of amides is 2. The zero-order chi connectivity index (χ0) is 25.3. The summed E-state index contributed by atoms with van der Waals surface area (Å²) in [6.07, 6.45) is 0.261. The van der Waals surface area contributed by atoms with E-state index in [1.807, 2.05) is 60.7 Å². The summed E-state index contributed by atoms with van der Waals surface area (Å²) >= 11 is 1.50. The van der Waals surface area contributed by atoms with Gasteiger partial charge in [-0.05, 0) is 47.5 Å². The minimum absolute atomic E-state index is 0.0590. The largest absolute Gasteiger partial charge is 0.507 e. The summed E-state index contributed by atoms with van der Waals surface area (Å²) in [4.78, 5) is 26.6. The molecule has 0 radical (unpaired) electrons. The van der Waals surface area contributed by atoms with Gasteiger partial charge in [0.05, 0.1) is 0 Å². The number of halogens is 1. The molecule has 3 N–H and O–H groups in total. The molecule has 182 valence electrons. The molecule has 0 spiro atoms. The highest BCUT2D eigenvalue weighted by molar-refractivity contribution is 7.98. The first-order valence-corrected chi connectivity index (χ1v) is 12.4. The third-order valence-corrected chi connectivity index (χ3v) is 6.61. The number of phenols is 1. The molecule has 0 unspecified atom stereocenters. The predicted octanol–water partition coefficient (Wildman–Crippen LogP) is 5.80. The normalized spacial score (nSPS) is 11.5. The lowest BCUT2D eigenvalue weighted by atomic mass is 10.0. The first-order chi connectivity index (χ1) is 17.5. The highest BCUT2D eigenvalue weighted by atomic mass is 32.2. The topological polar surface area (TPSA) is 78.4 Å². The van der Waals surface area contributed by atoms with Gasteiger partial charge in [-0.15, -0.1) is 11.8 Å². The molecule has 0 heterocycles. The molecule has 5 nitrogen and oxygen atoms in total. The lowest BCUT2D eigenvalue weighted by Gasteiger charge is -2.19. The monoisotopic (exact) mass is 500 g/mol. The molecule has 4 rings (SSSR count). The van der Waals surface area contributed by atoms with Gasteiger partial charge in [0.2, 0.25) is 5.91 Å². The number of phenolic OH excluding ortho intramolecular Hbond substituents is 1. The molecular weight excluding hydrogens is 475 g/mol. The summed E-state index contributed by atoms with van der Waals surface area (Å²) in [6.45, 7) is 0. The van der Waals surface area contributed by atoms with Crippen molar-refractivity contribution in [2.75, 3.05) is 5.32 Å². The van der Waals surface area contributed by atoms with E-state index in [1.165, 1.54) is 42.1 Å². The van der Waals surface area contributed by atoms with Crippen molar-refractivity contribution in [1.82, 2.24) is 5.32 Å². The van der Waals surface area contributed by atoms with Gasteiger partial charge in [-0.25, -0.2) is 4.39 Å². The van der Waals surface area contributed by atoms with E-state index in [9.17, 15) is 19.1 Å². The highest BCUT2D eigenvalue weighted by Gasteiger charge is 2.22. The number of hydrogen-bond donors (Lipinski definition) is 3. The predicted molar refractivity (Wildman–Crippen MR) is 141 cm³/mol. The molecule has 4 aromatic rings. The van der Waals surface area contributed by atoms with Crippen LogP contribution in [0.4, 0.5) is 10.1 Å². The second-order valence-corrected chi connectivity index (χ2v) is 9.19. The van der Waals surface area contributed by atoms with E-state index in [2.05, 4.69) is 10.6 Å². The van der Waals surface area contributed by atoms with Crippen molar-refractivity contribution in [2.45, 2.75) is 23.1 Å². The van der Waals surface area contributed by atoms with Crippen LogP contribution in [0.15, 0.2) is 108 Å². The van der Waals surface area contributed by atoms with Crippen LogP contribution in [0.1, 0.15) is 21.5 Å². The van der Waals surface area contributed by atoms with Gasteiger partial charge in [0.15, 0.2) is 0 Å². The van der Waals surface area contributed by atoms with E-state index < -0.39 is 23.7 Å². The first-order valence-electron chi connectivity index (χ1n) is 11.4. The maximum absolute atomic E-state index is 13.2. The van der Waals surface area contributed by atoms with Crippen molar-refractivity contribution in [2.24, 2.45) is 0 Å². The van der Waals surface area contributed by atoms with Crippen LogP contribution in [0.3, 0.4) is 0 Å². The van der Waals surface area contributed by atoms with E-state index in [-0.39, 0.29) is 17.7 Å². The number of carbonyl (C=O) groups is 2. The van der Waals surface area contributed by atoms with Crippen molar-refractivity contribution in [3.8, 4) is 5.75 Å². The first kappa shape index (κ1) is 25.0. The summed E-state index contributed by atoms with van der Waals surface area (Å²) in [6, 6.07) is 28.4. The quantitative estimate of drug-likeness (QED) is 0.254. The van der Waals surface area contributed by atoms with E-state index in [1.54, 1.807) is 12.1 Å². The number of nitrogens with one attached hydrogen (secondary N) is 2. The van der Waals surface area contributed by atoms with Gasteiger partial charge < -0.3 is 15.7 Å². The van der Waals surface area contributed by atoms with Gasteiger partial charge in [-0.2, -0.15) is 0 Å². The molecule has 0 saturated heterocycles. The average Bonchev–Trinajstić information content (AvgIpc) is 2.89. The standard InChI is InChI=1S/C29H25FN2O3S/c30-23-13-11-22(12-14-23)28(34)32-25(17-20-7-3-1-4-8-20)29(35)31-24-15-16-27(26(33)18-24)36-19-21-9-5-2-6-10-21/h1-16,18,25,33H,17,19H2,(H,31,35)(H,32,34)/t25-/m0/s1. The fourth-order valence-corrected chi connectivity index (χ4v) is 4.47. The third-order valence-electron chi connectivity index (χ3n) is 5.47. The average molecular weight is 501 g/mol. The number of aromatic hydroxyl groups is 1. The fourth-order valence-electron chi connectivity index (χ4n) is 3.58. The van der Waals surface area contributed by atoms with Gasteiger partial charge in [-0.3, -0.25) is 9.59 Å². The van der Waals surface area contributed by atoms with E-state index >= 15 is 0 Å². The Morgan fingerprint density at radius 2 is 1.47 bits per heavy atom. The molecule has 0 saturated carbocycles. The highest BCUT2D eigenvalue weighted by Crippen LogP contribution is 2.33. The maximum atomic E-state index is 13.2. The Labute approximate surface area is 213 Å². The molecule has 7 heteroatoms. The zero-order valence-electron chi connectivity index (χ0n) is 19.4. The van der Waals surface area contributed by atoms with Crippen LogP contribution in [0.25, 0.3) is 0 Å². The Hall–Kier alpha value is -4.10. The number of benzene rings is 4. The van der Waals surface area contributed by atoms with Crippen molar-refractivity contribution < 1.29 is 19.1 Å². The summed E-state index contributed by atoms with van der Waals surface area (Å²) in [5, 5.41) is 16.0. The van der Waals surface area contributed by atoms with E-state index in [4.69, 9.17) is 0 Å². The maximum Gasteiger partial charge on any atom is 0.251 e. The van der Waals surface area contributed by atoms with Crippen LogP contribution in [0.5, 0.6) is 5.75 Å². The van der Waals surface area contributed by atoms with Crippen LogP contribution in [0, 0.1) is 5.82 Å². The Bertz CT molecular complexity index is 1320. The van der Waals surface area contributed by atoms with Crippen LogP contribution < -0.4 is 10.6 Å². The Morgan fingerprint density at radius 1 is 0.833 bits per heavy atom. The lowest BCUT2D eigenvalue weighted by molar-refractivity contribution is -0.118. The van der Waals surface area contributed by atoms with Crippen molar-refractivity contribution >= 4 is 29.3 Å². The van der Waals surface area contributed by atoms with Crippen molar-refractivity contribution in [3.63, 3.8) is 0 Å². The van der Waals surface area contributed by atoms with Crippen molar-refractivity contribution in [3.05, 3.63) is 126 Å². The van der Waals surface area contributed by atoms with Gasteiger partial charge in [0.25, 0.3) is 5.91 Å². The molecule has 0 fully saturated rings. The number of thioether (sulfide) groups is 1. The SMILES string of the molecule is O=C(N[C@@H](Cc1ccccc1)C(=O)Nc1ccc(SCc2ccccc2)c(O)c1)c1ccc(F)cc1. The Morgan fingerprint density at radius 3 is 2.11 bits per heavy atom. The Balaban J connectivity index is 1.45. The lowest BCUT2D eigenvalue weighted by Crippen LogP contribution is -2.45. The fraction of sp³-hybridized carbons (Fsp3) is 0.103. The number of rotatable bonds is 9. The summed E-state index contributed by atoms with van der Waals surface area (Å²) in [5.74, 6) is -0.603. The molecule has 0 aromatic heterocycles. The summed E-state index contributed by atoms with van der Waals surface area (Å²) in [5.41, 5.74) is 2.67. The van der Waals surface area contributed by atoms with Crippen LogP contribution in [-0.4, -0.2) is 23.0 Å². The number of carbonyl (C=O) groups excluding carboxylic acids is 2. The summed E-state index contributed by atoms with van der Waals surface area (Å²) in [7, 11) is 0. The van der Waals surface area contributed by atoms with Gasteiger partial charge >= 0.3 is 0 Å². The van der Waals surface area contributed by atoms with Gasteiger partial charge in [0, 0.05) is 34.4 Å².